The van der Waals surface area contributed by atoms with Crippen LogP contribution in [0, 0.1) is 0 Å². The summed E-state index contributed by atoms with van der Waals surface area (Å²) in [5, 5.41) is 10.3. The van der Waals surface area contributed by atoms with Gasteiger partial charge in [-0.15, -0.1) is 10.2 Å². The maximum atomic E-state index is 11.8. The zero-order chi connectivity index (χ0) is 19.1. The number of aromatic nitrogens is 4. The molecule has 2 aliphatic rings. The Balaban J connectivity index is 1.29. The fourth-order valence-corrected chi connectivity index (χ4v) is 4.60. The number of aromatic amines is 1. The Morgan fingerprint density at radius 1 is 1.21 bits per heavy atom. The molecule has 1 atom stereocenters. The molecule has 2 aliphatic heterocycles. The monoisotopic (exact) mass is 378 g/mol. The van der Waals surface area contributed by atoms with Gasteiger partial charge in [0.05, 0.1) is 6.54 Å². The molecule has 1 N–H and O–H groups in total. The van der Waals surface area contributed by atoms with Crippen LogP contribution in [0.1, 0.15) is 42.9 Å². The van der Waals surface area contributed by atoms with Crippen LogP contribution >= 0.6 is 0 Å². The molecule has 0 spiro atoms. The molecule has 0 saturated carbocycles. The average Bonchev–Trinajstić information content (AvgIpc) is 3.34. The predicted molar refractivity (Wildman–Crippen MR) is 107 cm³/mol. The Morgan fingerprint density at radius 2 is 2.14 bits per heavy atom. The minimum atomic E-state index is 0.161. The molecule has 7 nitrogen and oxygen atoms in total. The van der Waals surface area contributed by atoms with Gasteiger partial charge in [0.15, 0.2) is 0 Å². The minimum absolute atomic E-state index is 0.161. The van der Waals surface area contributed by atoms with Crippen molar-refractivity contribution in [3.8, 4) is 0 Å². The summed E-state index contributed by atoms with van der Waals surface area (Å²) in [6.45, 7) is 6.95. The SMILES string of the molecule is CC(=O)N1CCC[C@@H](c2nnc3n2CCN(Cc2ccc4[nH]ccc4c2)C3)C1. The van der Waals surface area contributed by atoms with Crippen LogP contribution in [-0.2, 0) is 24.4 Å². The summed E-state index contributed by atoms with van der Waals surface area (Å²) in [4.78, 5) is 19.4. The number of fused-ring (bicyclic) bond motifs is 2. The van der Waals surface area contributed by atoms with Crippen molar-refractivity contribution >= 4 is 16.8 Å². The number of nitrogens with zero attached hydrogens (tertiary/aromatic N) is 5. The Labute approximate surface area is 164 Å². The zero-order valence-corrected chi connectivity index (χ0v) is 16.3. The first kappa shape index (κ1) is 17.4. The van der Waals surface area contributed by atoms with E-state index in [0.717, 1.165) is 63.8 Å². The van der Waals surface area contributed by atoms with Gasteiger partial charge in [-0.2, -0.15) is 0 Å². The van der Waals surface area contributed by atoms with Crippen LogP contribution in [-0.4, -0.2) is 55.1 Å². The molecule has 7 heteroatoms. The highest BCUT2D eigenvalue weighted by Crippen LogP contribution is 2.28. The van der Waals surface area contributed by atoms with Gasteiger partial charge in [-0.25, -0.2) is 0 Å². The van der Waals surface area contributed by atoms with Crippen LogP contribution in [0.25, 0.3) is 10.9 Å². The van der Waals surface area contributed by atoms with Gasteiger partial charge in [-0.1, -0.05) is 6.07 Å². The topological polar surface area (TPSA) is 70.1 Å². The number of nitrogens with one attached hydrogen (secondary N) is 1. The number of carbonyl (C=O) groups excluding carboxylic acids is 1. The number of rotatable bonds is 3. The summed E-state index contributed by atoms with van der Waals surface area (Å²) >= 11 is 0. The molecule has 0 radical (unpaired) electrons. The molecule has 0 bridgehead atoms. The Bertz CT molecular complexity index is 1010. The van der Waals surface area contributed by atoms with Gasteiger partial charge < -0.3 is 14.5 Å². The van der Waals surface area contributed by atoms with E-state index in [1.54, 1.807) is 6.92 Å². The number of carbonyl (C=O) groups is 1. The van der Waals surface area contributed by atoms with Gasteiger partial charge in [0.25, 0.3) is 0 Å². The van der Waals surface area contributed by atoms with Gasteiger partial charge in [0, 0.05) is 57.3 Å². The molecule has 28 heavy (non-hydrogen) atoms. The molecule has 1 amide bonds. The first-order chi connectivity index (χ1) is 13.7. The van der Waals surface area contributed by atoms with Crippen molar-refractivity contribution < 1.29 is 4.79 Å². The van der Waals surface area contributed by atoms with Crippen molar-refractivity contribution in [2.75, 3.05) is 19.6 Å². The molecular weight excluding hydrogens is 352 g/mol. The maximum Gasteiger partial charge on any atom is 0.219 e. The van der Waals surface area contributed by atoms with Crippen molar-refractivity contribution in [3.05, 3.63) is 47.7 Å². The molecule has 3 aromatic rings. The molecule has 1 fully saturated rings. The fourth-order valence-electron chi connectivity index (χ4n) is 4.60. The second-order valence-corrected chi connectivity index (χ2v) is 8.04. The fraction of sp³-hybridized carbons (Fsp3) is 0.476. The van der Waals surface area contributed by atoms with Crippen molar-refractivity contribution in [1.82, 2.24) is 29.5 Å². The standard InChI is InChI=1S/C21H26N6O/c1-15(28)26-8-2-3-18(13-26)21-24-23-20-14-25(9-10-27(20)21)12-16-4-5-19-17(11-16)6-7-22-19/h4-7,11,18,22H,2-3,8-10,12-14H2,1H3/t18-/m1/s1. The second-order valence-electron chi connectivity index (χ2n) is 8.04. The third-order valence-corrected chi connectivity index (χ3v) is 6.12. The van der Waals surface area contributed by atoms with E-state index in [4.69, 9.17) is 0 Å². The average molecular weight is 378 g/mol. The van der Waals surface area contributed by atoms with Gasteiger partial charge in [0.2, 0.25) is 5.91 Å². The number of amides is 1. The molecule has 1 saturated heterocycles. The lowest BCUT2D eigenvalue weighted by Crippen LogP contribution is -2.39. The number of likely N-dealkylation sites (tertiary alicyclic amines) is 1. The van der Waals surface area contributed by atoms with Crippen molar-refractivity contribution in [1.29, 1.82) is 0 Å². The highest BCUT2D eigenvalue weighted by atomic mass is 16.2. The molecule has 0 aliphatic carbocycles. The molecule has 4 heterocycles. The van der Waals surface area contributed by atoms with Crippen LogP contribution in [0.3, 0.4) is 0 Å². The van der Waals surface area contributed by atoms with E-state index in [-0.39, 0.29) is 5.91 Å². The maximum absolute atomic E-state index is 11.8. The quantitative estimate of drug-likeness (QED) is 0.760. The Morgan fingerprint density at radius 3 is 3.04 bits per heavy atom. The van der Waals surface area contributed by atoms with Crippen LogP contribution in [0.2, 0.25) is 0 Å². The number of benzene rings is 1. The predicted octanol–water partition coefficient (Wildman–Crippen LogP) is 2.50. The Kier molecular flexibility index (Phi) is 4.39. The highest BCUT2D eigenvalue weighted by Gasteiger charge is 2.29. The molecule has 0 unspecified atom stereocenters. The lowest BCUT2D eigenvalue weighted by atomic mass is 9.97. The van der Waals surface area contributed by atoms with E-state index in [1.165, 1.54) is 16.5 Å². The number of hydrogen-bond donors (Lipinski definition) is 1. The van der Waals surface area contributed by atoms with Gasteiger partial charge in [-0.05, 0) is 42.0 Å². The summed E-state index contributed by atoms with van der Waals surface area (Å²) in [6, 6.07) is 8.72. The summed E-state index contributed by atoms with van der Waals surface area (Å²) in [7, 11) is 0. The summed E-state index contributed by atoms with van der Waals surface area (Å²) in [5.74, 6) is 2.58. The van der Waals surface area contributed by atoms with E-state index < -0.39 is 0 Å². The van der Waals surface area contributed by atoms with E-state index in [0.29, 0.717) is 5.92 Å². The summed E-state index contributed by atoms with van der Waals surface area (Å²) in [5.41, 5.74) is 2.50. The summed E-state index contributed by atoms with van der Waals surface area (Å²) < 4.78 is 2.29. The highest BCUT2D eigenvalue weighted by molar-refractivity contribution is 5.79. The first-order valence-corrected chi connectivity index (χ1v) is 10.1. The number of piperidine rings is 1. The smallest absolute Gasteiger partial charge is 0.219 e. The Hall–Kier alpha value is -2.67. The molecular formula is C21H26N6O. The minimum Gasteiger partial charge on any atom is -0.361 e. The van der Waals surface area contributed by atoms with Crippen LogP contribution in [0.15, 0.2) is 30.5 Å². The largest absolute Gasteiger partial charge is 0.361 e. The van der Waals surface area contributed by atoms with Crippen molar-refractivity contribution in [2.45, 2.75) is 45.3 Å². The van der Waals surface area contributed by atoms with Crippen LogP contribution < -0.4 is 0 Å². The molecule has 5 rings (SSSR count). The molecule has 1 aromatic carbocycles. The normalized spacial score (nSPS) is 20.5. The molecule has 2 aromatic heterocycles. The van der Waals surface area contributed by atoms with E-state index in [9.17, 15) is 4.79 Å². The van der Waals surface area contributed by atoms with Gasteiger partial charge in [-0.3, -0.25) is 9.69 Å². The third-order valence-electron chi connectivity index (χ3n) is 6.12. The van der Waals surface area contributed by atoms with Gasteiger partial charge in [0.1, 0.15) is 11.6 Å². The van der Waals surface area contributed by atoms with Crippen molar-refractivity contribution in [3.63, 3.8) is 0 Å². The summed E-state index contributed by atoms with van der Waals surface area (Å²) in [6.07, 6.45) is 4.11. The number of hydrogen-bond acceptors (Lipinski definition) is 4. The lowest BCUT2D eigenvalue weighted by Gasteiger charge is -2.33. The van der Waals surface area contributed by atoms with Crippen LogP contribution in [0.4, 0.5) is 0 Å². The second kappa shape index (κ2) is 7.05. The van der Waals surface area contributed by atoms with E-state index in [2.05, 4.69) is 48.9 Å². The van der Waals surface area contributed by atoms with E-state index in [1.807, 2.05) is 11.1 Å². The van der Waals surface area contributed by atoms with Crippen LogP contribution in [0.5, 0.6) is 0 Å². The molecule has 146 valence electrons. The third kappa shape index (κ3) is 3.20. The number of H-pyrrole nitrogens is 1. The van der Waals surface area contributed by atoms with E-state index >= 15 is 0 Å². The lowest BCUT2D eigenvalue weighted by molar-refractivity contribution is -0.130. The van der Waals surface area contributed by atoms with Crippen molar-refractivity contribution in [2.24, 2.45) is 0 Å². The van der Waals surface area contributed by atoms with Gasteiger partial charge >= 0.3 is 0 Å². The zero-order valence-electron chi connectivity index (χ0n) is 16.3. The first-order valence-electron chi connectivity index (χ1n) is 10.1.